The van der Waals surface area contributed by atoms with Gasteiger partial charge in [-0.15, -0.1) is 11.3 Å². The van der Waals surface area contributed by atoms with Gasteiger partial charge in [0.15, 0.2) is 11.7 Å². The van der Waals surface area contributed by atoms with Crippen LogP contribution in [0, 0.1) is 0 Å². The summed E-state index contributed by atoms with van der Waals surface area (Å²) in [5.74, 6) is 1.16. The number of benzene rings is 7. The third-order valence-corrected chi connectivity index (χ3v) is 10.7. The maximum atomic E-state index is 5.25. The molecule has 4 nitrogen and oxygen atoms in total. The zero-order valence-corrected chi connectivity index (χ0v) is 28.6. The molecule has 0 radical (unpaired) electrons. The van der Waals surface area contributed by atoms with E-state index < -0.39 is 0 Å². The van der Waals surface area contributed by atoms with E-state index in [0.29, 0.717) is 18.2 Å². The van der Waals surface area contributed by atoms with E-state index in [1.165, 1.54) is 53.1 Å². The summed E-state index contributed by atoms with van der Waals surface area (Å²) in [5, 5.41) is 4.94. The standard InChI is InChI=1S/C46H32N4S/c1-47-45(32-17-7-3-8-18-32)49-46(33-19-9-4-10-20-33)48-30-35-27-36(50-41-23-13-11-21-37(41)38-22-12-14-24-42(38)50)29-40-39-28-34(31-15-5-2-6-16-31)25-26-43(39)51-44(35)40/h2-29H,1,30H2/b48-46-,49-45-. The number of nitrogens with zero attached hydrogens (tertiary/aromatic N) is 4. The van der Waals surface area contributed by atoms with Gasteiger partial charge in [-0.25, -0.2) is 9.98 Å². The molecule has 9 rings (SSSR count). The van der Waals surface area contributed by atoms with Crippen LogP contribution < -0.4 is 0 Å². The summed E-state index contributed by atoms with van der Waals surface area (Å²) < 4.78 is 4.87. The molecule has 0 saturated carbocycles. The summed E-state index contributed by atoms with van der Waals surface area (Å²) in [6.07, 6.45) is 0. The Hall–Kier alpha value is -6.43. The van der Waals surface area contributed by atoms with Crippen LogP contribution in [0.1, 0.15) is 16.7 Å². The molecule has 0 bridgehead atoms. The van der Waals surface area contributed by atoms with Gasteiger partial charge in [0.25, 0.3) is 0 Å². The lowest BCUT2D eigenvalue weighted by molar-refractivity contribution is 1.07. The SMILES string of the molecule is C=N/C(=N\C(=N/Cc1cc(-n2c3ccccc3c3ccccc32)cc2c1sc1ccc(-c3ccccc3)cc12)c1ccccc1)c1ccccc1. The highest BCUT2D eigenvalue weighted by Crippen LogP contribution is 2.41. The third-order valence-electron chi connectivity index (χ3n) is 9.40. The minimum absolute atomic E-state index is 0.437. The average Bonchev–Trinajstić information content (AvgIpc) is 3.74. The highest BCUT2D eigenvalue weighted by atomic mass is 32.1. The Bertz CT molecular complexity index is 2720. The molecule has 9 aromatic rings. The molecule has 7 aromatic carbocycles. The molecule has 0 N–H and O–H groups in total. The van der Waals surface area contributed by atoms with E-state index in [1.807, 2.05) is 72.0 Å². The zero-order chi connectivity index (χ0) is 34.1. The highest BCUT2D eigenvalue weighted by molar-refractivity contribution is 7.26. The number of aliphatic imine (C=N–C) groups is 3. The second-order valence-electron chi connectivity index (χ2n) is 12.5. The summed E-state index contributed by atoms with van der Waals surface area (Å²) in [6.45, 7) is 4.29. The summed E-state index contributed by atoms with van der Waals surface area (Å²) in [5.41, 5.74) is 8.83. The van der Waals surface area contributed by atoms with E-state index in [-0.39, 0.29) is 0 Å². The molecule has 0 spiro atoms. The van der Waals surface area contributed by atoms with Crippen LogP contribution in [0.15, 0.2) is 185 Å². The van der Waals surface area contributed by atoms with Crippen molar-refractivity contribution in [3.8, 4) is 16.8 Å². The van der Waals surface area contributed by atoms with E-state index in [2.05, 4.69) is 125 Å². The molecule has 0 fully saturated rings. The van der Waals surface area contributed by atoms with Gasteiger partial charge in [0, 0.05) is 47.8 Å². The van der Waals surface area contributed by atoms with Gasteiger partial charge >= 0.3 is 0 Å². The van der Waals surface area contributed by atoms with E-state index in [0.717, 1.165) is 22.4 Å². The number of para-hydroxylation sites is 2. The molecule has 2 heterocycles. The van der Waals surface area contributed by atoms with Gasteiger partial charge < -0.3 is 4.57 Å². The summed E-state index contributed by atoms with van der Waals surface area (Å²) in [6, 6.07) is 59.5. The van der Waals surface area contributed by atoms with Crippen molar-refractivity contribution in [2.45, 2.75) is 6.54 Å². The summed E-state index contributed by atoms with van der Waals surface area (Å²) >= 11 is 1.83. The van der Waals surface area contributed by atoms with Crippen LogP contribution in [0.2, 0.25) is 0 Å². The Balaban J connectivity index is 1.28. The Morgan fingerprint density at radius 3 is 1.76 bits per heavy atom. The molecule has 51 heavy (non-hydrogen) atoms. The molecule has 0 aliphatic heterocycles. The number of fused-ring (bicyclic) bond motifs is 6. The van der Waals surface area contributed by atoms with Crippen molar-refractivity contribution in [1.29, 1.82) is 0 Å². The van der Waals surface area contributed by atoms with Crippen molar-refractivity contribution >= 4 is 71.7 Å². The minimum atomic E-state index is 0.437. The first-order valence-corrected chi connectivity index (χ1v) is 17.8. The van der Waals surface area contributed by atoms with Crippen molar-refractivity contribution < 1.29 is 0 Å². The van der Waals surface area contributed by atoms with Gasteiger partial charge in [-0.1, -0.05) is 133 Å². The Morgan fingerprint density at radius 2 is 1.12 bits per heavy atom. The third kappa shape index (κ3) is 5.64. The van der Waals surface area contributed by atoms with E-state index in [9.17, 15) is 0 Å². The molecule has 0 unspecified atom stereocenters. The number of hydrogen-bond acceptors (Lipinski definition) is 2. The minimum Gasteiger partial charge on any atom is -0.309 e. The van der Waals surface area contributed by atoms with Crippen molar-refractivity contribution in [2.75, 3.05) is 0 Å². The largest absolute Gasteiger partial charge is 0.309 e. The summed E-state index contributed by atoms with van der Waals surface area (Å²) in [4.78, 5) is 14.6. The fourth-order valence-electron chi connectivity index (χ4n) is 7.01. The Kier molecular flexibility index (Phi) is 7.88. The number of thiophene rings is 1. The van der Waals surface area contributed by atoms with Gasteiger partial charge in [-0.3, -0.25) is 4.99 Å². The van der Waals surface area contributed by atoms with Crippen LogP contribution in [0.3, 0.4) is 0 Å². The Labute approximate surface area is 300 Å². The maximum absolute atomic E-state index is 5.25. The molecule has 0 aliphatic carbocycles. The topological polar surface area (TPSA) is 42.0 Å². The normalized spacial score (nSPS) is 12.3. The first kappa shape index (κ1) is 30.6. The van der Waals surface area contributed by atoms with Crippen molar-refractivity contribution in [2.24, 2.45) is 15.0 Å². The fraction of sp³-hybridized carbons (Fsp3) is 0.0217. The molecular formula is C46H32N4S. The number of amidine groups is 2. The van der Waals surface area contributed by atoms with Crippen molar-refractivity contribution in [3.05, 3.63) is 187 Å². The highest BCUT2D eigenvalue weighted by Gasteiger charge is 2.17. The van der Waals surface area contributed by atoms with Gasteiger partial charge in [-0.2, -0.15) is 0 Å². The fourth-order valence-corrected chi connectivity index (χ4v) is 8.18. The second kappa shape index (κ2) is 13.1. The first-order chi connectivity index (χ1) is 25.2. The molecule has 0 amide bonds. The number of hydrogen-bond donors (Lipinski definition) is 0. The van der Waals surface area contributed by atoms with Crippen LogP contribution in [-0.4, -0.2) is 23.0 Å². The van der Waals surface area contributed by atoms with Gasteiger partial charge in [0.1, 0.15) is 0 Å². The van der Waals surface area contributed by atoms with Gasteiger partial charge in [-0.05, 0) is 59.8 Å². The lowest BCUT2D eigenvalue weighted by Gasteiger charge is -2.12. The van der Waals surface area contributed by atoms with Gasteiger partial charge in [0.2, 0.25) is 0 Å². The molecular weight excluding hydrogens is 641 g/mol. The van der Waals surface area contributed by atoms with E-state index in [1.54, 1.807) is 0 Å². The van der Waals surface area contributed by atoms with E-state index in [4.69, 9.17) is 9.98 Å². The van der Waals surface area contributed by atoms with Crippen LogP contribution in [0.25, 0.3) is 58.8 Å². The molecule has 5 heteroatoms. The molecule has 242 valence electrons. The monoisotopic (exact) mass is 672 g/mol. The smallest absolute Gasteiger partial charge is 0.161 e. The van der Waals surface area contributed by atoms with Crippen molar-refractivity contribution in [3.63, 3.8) is 0 Å². The van der Waals surface area contributed by atoms with Crippen molar-refractivity contribution in [1.82, 2.24) is 4.57 Å². The first-order valence-electron chi connectivity index (χ1n) is 17.0. The zero-order valence-electron chi connectivity index (χ0n) is 27.8. The lowest BCUT2D eigenvalue weighted by atomic mass is 10.0. The van der Waals surface area contributed by atoms with Crippen LogP contribution >= 0.6 is 11.3 Å². The quantitative estimate of drug-likeness (QED) is 0.125. The number of rotatable bonds is 6. The molecule has 0 atom stereocenters. The Morgan fingerprint density at radius 1 is 0.529 bits per heavy atom. The molecule has 0 saturated heterocycles. The lowest BCUT2D eigenvalue weighted by Crippen LogP contribution is -2.05. The maximum Gasteiger partial charge on any atom is 0.161 e. The molecule has 2 aromatic heterocycles. The number of aromatic nitrogens is 1. The second-order valence-corrected chi connectivity index (χ2v) is 13.5. The van der Waals surface area contributed by atoms with Gasteiger partial charge in [0.05, 0.1) is 17.6 Å². The average molecular weight is 673 g/mol. The van der Waals surface area contributed by atoms with Crippen LogP contribution in [-0.2, 0) is 6.54 Å². The predicted molar refractivity (Wildman–Crippen MR) is 218 cm³/mol. The predicted octanol–water partition coefficient (Wildman–Crippen LogP) is 11.9. The van der Waals surface area contributed by atoms with Crippen LogP contribution in [0.4, 0.5) is 0 Å². The van der Waals surface area contributed by atoms with Crippen LogP contribution in [0.5, 0.6) is 0 Å². The summed E-state index contributed by atoms with van der Waals surface area (Å²) in [7, 11) is 0. The van der Waals surface area contributed by atoms with E-state index >= 15 is 0 Å². The molecule has 0 aliphatic rings.